The lowest BCUT2D eigenvalue weighted by Gasteiger charge is -2.28. The molecular formula is C15H27Br. The van der Waals surface area contributed by atoms with Gasteiger partial charge in [-0.25, -0.2) is 0 Å². The SMILES string of the molecule is CCCCCCCCC1(CBr)CC2CC2C1. The van der Waals surface area contributed by atoms with Crippen LogP contribution in [0.4, 0.5) is 0 Å². The summed E-state index contributed by atoms with van der Waals surface area (Å²) in [6.45, 7) is 2.30. The first kappa shape index (κ1) is 12.9. The zero-order valence-corrected chi connectivity index (χ0v) is 12.4. The van der Waals surface area contributed by atoms with E-state index in [1.807, 2.05) is 0 Å². The molecule has 0 bridgehead atoms. The summed E-state index contributed by atoms with van der Waals surface area (Å²) in [6, 6.07) is 0. The van der Waals surface area contributed by atoms with Crippen molar-refractivity contribution in [2.75, 3.05) is 5.33 Å². The topological polar surface area (TPSA) is 0 Å². The van der Waals surface area contributed by atoms with Crippen LogP contribution in [0.3, 0.4) is 0 Å². The third kappa shape index (κ3) is 3.24. The van der Waals surface area contributed by atoms with E-state index in [0.29, 0.717) is 0 Å². The summed E-state index contributed by atoms with van der Waals surface area (Å²) in [4.78, 5) is 0. The highest BCUT2D eigenvalue weighted by atomic mass is 79.9. The highest BCUT2D eigenvalue weighted by Crippen LogP contribution is 2.61. The smallest absolute Gasteiger partial charge is 0.00881 e. The molecule has 0 heterocycles. The van der Waals surface area contributed by atoms with Gasteiger partial charge in [0.15, 0.2) is 0 Å². The first-order valence-corrected chi connectivity index (χ1v) is 8.48. The Bertz CT molecular complexity index is 201. The number of halogens is 1. The molecule has 16 heavy (non-hydrogen) atoms. The lowest BCUT2D eigenvalue weighted by atomic mass is 9.80. The maximum atomic E-state index is 3.78. The van der Waals surface area contributed by atoms with Crippen LogP contribution < -0.4 is 0 Å². The summed E-state index contributed by atoms with van der Waals surface area (Å²) >= 11 is 3.78. The van der Waals surface area contributed by atoms with Gasteiger partial charge >= 0.3 is 0 Å². The molecule has 0 aromatic carbocycles. The number of rotatable bonds is 8. The van der Waals surface area contributed by atoms with Gasteiger partial charge in [-0.15, -0.1) is 0 Å². The fraction of sp³-hybridized carbons (Fsp3) is 1.00. The molecule has 0 saturated heterocycles. The Balaban J connectivity index is 1.57. The monoisotopic (exact) mass is 286 g/mol. The molecular weight excluding hydrogens is 260 g/mol. The third-order valence-electron chi connectivity index (χ3n) is 4.80. The Morgan fingerprint density at radius 2 is 1.62 bits per heavy atom. The van der Waals surface area contributed by atoms with Crippen LogP contribution in [0.5, 0.6) is 0 Å². The molecule has 0 nitrogen and oxygen atoms in total. The second-order valence-electron chi connectivity index (χ2n) is 6.32. The fourth-order valence-corrected chi connectivity index (χ4v) is 4.40. The van der Waals surface area contributed by atoms with Gasteiger partial charge in [-0.05, 0) is 42.9 Å². The molecule has 0 aliphatic heterocycles. The number of fused-ring (bicyclic) bond motifs is 1. The van der Waals surface area contributed by atoms with Gasteiger partial charge in [0.2, 0.25) is 0 Å². The van der Waals surface area contributed by atoms with Crippen LogP contribution >= 0.6 is 15.9 Å². The minimum absolute atomic E-state index is 0.721. The maximum Gasteiger partial charge on any atom is 0.00881 e. The highest BCUT2D eigenvalue weighted by molar-refractivity contribution is 9.09. The van der Waals surface area contributed by atoms with Crippen molar-refractivity contribution in [1.82, 2.24) is 0 Å². The molecule has 2 atom stereocenters. The van der Waals surface area contributed by atoms with Crippen LogP contribution in [0.25, 0.3) is 0 Å². The van der Waals surface area contributed by atoms with Crippen molar-refractivity contribution in [2.24, 2.45) is 17.3 Å². The van der Waals surface area contributed by atoms with Crippen molar-refractivity contribution in [3.05, 3.63) is 0 Å². The molecule has 1 heteroatoms. The van der Waals surface area contributed by atoms with Crippen LogP contribution in [0.15, 0.2) is 0 Å². The summed E-state index contributed by atoms with van der Waals surface area (Å²) in [5.74, 6) is 2.27. The van der Waals surface area contributed by atoms with E-state index in [1.54, 1.807) is 6.42 Å². The quantitative estimate of drug-likeness (QED) is 0.405. The van der Waals surface area contributed by atoms with E-state index >= 15 is 0 Å². The van der Waals surface area contributed by atoms with Crippen molar-refractivity contribution in [3.8, 4) is 0 Å². The molecule has 0 spiro atoms. The summed E-state index contributed by atoms with van der Waals surface area (Å²) in [7, 11) is 0. The van der Waals surface area contributed by atoms with E-state index in [4.69, 9.17) is 0 Å². The fourth-order valence-electron chi connectivity index (χ4n) is 3.67. The highest BCUT2D eigenvalue weighted by Gasteiger charge is 2.52. The van der Waals surface area contributed by atoms with Gasteiger partial charge in [-0.2, -0.15) is 0 Å². The Hall–Kier alpha value is 0.480. The number of unbranched alkanes of at least 4 members (excludes halogenated alkanes) is 5. The van der Waals surface area contributed by atoms with Crippen molar-refractivity contribution >= 4 is 15.9 Å². The first-order chi connectivity index (χ1) is 7.79. The molecule has 0 aromatic rings. The molecule has 2 aliphatic rings. The molecule has 2 rings (SSSR count). The Morgan fingerprint density at radius 1 is 1.00 bits per heavy atom. The van der Waals surface area contributed by atoms with Gasteiger partial charge in [0.05, 0.1) is 0 Å². The molecule has 2 unspecified atom stereocenters. The zero-order valence-electron chi connectivity index (χ0n) is 10.8. The van der Waals surface area contributed by atoms with Gasteiger partial charge in [-0.1, -0.05) is 61.4 Å². The van der Waals surface area contributed by atoms with Crippen molar-refractivity contribution in [2.45, 2.75) is 71.1 Å². The summed E-state index contributed by atoms with van der Waals surface area (Å²) < 4.78 is 0. The Labute approximate surface area is 110 Å². The number of hydrogen-bond acceptors (Lipinski definition) is 0. The molecule has 0 radical (unpaired) electrons. The summed E-state index contributed by atoms with van der Waals surface area (Å²) in [5, 5.41) is 1.27. The van der Waals surface area contributed by atoms with E-state index in [-0.39, 0.29) is 0 Å². The van der Waals surface area contributed by atoms with Crippen molar-refractivity contribution in [3.63, 3.8) is 0 Å². The van der Waals surface area contributed by atoms with Crippen LogP contribution in [0, 0.1) is 17.3 Å². The average molecular weight is 287 g/mol. The second-order valence-corrected chi connectivity index (χ2v) is 6.88. The lowest BCUT2D eigenvalue weighted by molar-refractivity contribution is 0.273. The van der Waals surface area contributed by atoms with Gasteiger partial charge in [0.1, 0.15) is 0 Å². The third-order valence-corrected chi connectivity index (χ3v) is 5.99. The molecule has 94 valence electrons. The van der Waals surface area contributed by atoms with Gasteiger partial charge in [-0.3, -0.25) is 0 Å². The standard InChI is InChI=1S/C15H27Br/c1-2-3-4-5-6-7-8-15(12-16)10-13-9-14(13)11-15/h13-14H,2-12H2,1H3. The summed E-state index contributed by atoms with van der Waals surface area (Å²) in [6.07, 6.45) is 14.8. The Morgan fingerprint density at radius 3 is 2.25 bits per heavy atom. The normalized spacial score (nSPS) is 36.4. The predicted octanol–water partition coefficient (Wildman–Crippen LogP) is 5.55. The minimum atomic E-state index is 0.721. The molecule has 2 aliphatic carbocycles. The van der Waals surface area contributed by atoms with E-state index in [2.05, 4.69) is 22.9 Å². The largest absolute Gasteiger partial charge is 0.0922 e. The molecule has 0 N–H and O–H groups in total. The van der Waals surface area contributed by atoms with Crippen LogP contribution in [-0.4, -0.2) is 5.33 Å². The van der Waals surface area contributed by atoms with Crippen LogP contribution in [0.1, 0.15) is 71.1 Å². The van der Waals surface area contributed by atoms with E-state index < -0.39 is 0 Å². The van der Waals surface area contributed by atoms with Gasteiger partial charge in [0, 0.05) is 5.33 Å². The molecule has 2 saturated carbocycles. The predicted molar refractivity (Wildman–Crippen MR) is 75.1 cm³/mol. The molecule has 2 fully saturated rings. The lowest BCUT2D eigenvalue weighted by Crippen LogP contribution is -2.20. The maximum absolute atomic E-state index is 3.78. The number of hydrogen-bond donors (Lipinski definition) is 0. The van der Waals surface area contributed by atoms with Gasteiger partial charge < -0.3 is 0 Å². The van der Waals surface area contributed by atoms with Gasteiger partial charge in [0.25, 0.3) is 0 Å². The van der Waals surface area contributed by atoms with Crippen molar-refractivity contribution in [1.29, 1.82) is 0 Å². The van der Waals surface area contributed by atoms with E-state index in [9.17, 15) is 0 Å². The Kier molecular flexibility index (Phi) is 4.76. The molecule has 0 aromatic heterocycles. The first-order valence-electron chi connectivity index (χ1n) is 7.35. The van der Waals surface area contributed by atoms with Crippen LogP contribution in [-0.2, 0) is 0 Å². The zero-order chi connectivity index (χ0) is 11.4. The second kappa shape index (κ2) is 5.89. The van der Waals surface area contributed by atoms with Crippen molar-refractivity contribution < 1.29 is 0 Å². The minimum Gasteiger partial charge on any atom is -0.0922 e. The average Bonchev–Trinajstić information content (AvgIpc) is 2.92. The number of alkyl halides is 1. The van der Waals surface area contributed by atoms with E-state index in [0.717, 1.165) is 17.3 Å². The van der Waals surface area contributed by atoms with E-state index in [1.165, 1.54) is 63.1 Å². The molecule has 0 amide bonds. The van der Waals surface area contributed by atoms with Crippen LogP contribution in [0.2, 0.25) is 0 Å². The summed E-state index contributed by atoms with van der Waals surface area (Å²) in [5.41, 5.74) is 0.721.